The molecule has 23 heavy (non-hydrogen) atoms. The molecule has 0 bridgehead atoms. The Morgan fingerprint density at radius 2 is 2.09 bits per heavy atom. The summed E-state index contributed by atoms with van der Waals surface area (Å²) >= 11 is 0. The summed E-state index contributed by atoms with van der Waals surface area (Å²) in [7, 11) is 0. The number of benzene rings is 1. The molecule has 1 atom stereocenters. The van der Waals surface area contributed by atoms with Crippen LogP contribution in [0.15, 0.2) is 18.2 Å². The third-order valence-electron chi connectivity index (χ3n) is 4.16. The fraction of sp³-hybridized carbons (Fsp3) is 0.571. The normalized spacial score (nSPS) is 25.1. The molecule has 2 aliphatic rings. The molecule has 2 heterocycles. The molecular weight excluding hydrogens is 317 g/mol. The van der Waals surface area contributed by atoms with Crippen LogP contribution in [0.2, 0.25) is 0 Å². The first kappa shape index (κ1) is 16.0. The van der Waals surface area contributed by atoms with Gasteiger partial charge >= 0.3 is 6.18 Å². The quantitative estimate of drug-likeness (QED) is 0.615. The molecule has 0 aromatic heterocycles. The largest absolute Gasteiger partial charge is 0.416 e. The predicted molar refractivity (Wildman–Crippen MR) is 74.4 cm³/mol. The van der Waals surface area contributed by atoms with Crippen LogP contribution in [0.25, 0.3) is 0 Å². The van der Waals surface area contributed by atoms with Crippen molar-refractivity contribution in [2.24, 2.45) is 0 Å². The van der Waals surface area contributed by atoms with E-state index in [4.69, 9.17) is 9.47 Å². The van der Waals surface area contributed by atoms with Crippen molar-refractivity contribution in [3.05, 3.63) is 33.9 Å². The SMILES string of the molecule is O=[N+]([O-])c1cc(C(F)(F)F)ccc1N1CCOC2(CCOC2)C1. The van der Waals surface area contributed by atoms with Gasteiger partial charge in [0.1, 0.15) is 11.3 Å². The van der Waals surface area contributed by atoms with E-state index in [1.807, 2.05) is 0 Å². The third-order valence-corrected chi connectivity index (χ3v) is 4.16. The summed E-state index contributed by atoms with van der Waals surface area (Å²) < 4.78 is 49.4. The summed E-state index contributed by atoms with van der Waals surface area (Å²) in [5, 5.41) is 11.2. The van der Waals surface area contributed by atoms with Gasteiger partial charge in [0, 0.05) is 32.2 Å². The van der Waals surface area contributed by atoms with Crippen molar-refractivity contribution in [3.63, 3.8) is 0 Å². The van der Waals surface area contributed by atoms with E-state index in [0.717, 1.165) is 12.1 Å². The Bertz CT molecular complexity index is 615. The predicted octanol–water partition coefficient (Wildman–Crippen LogP) is 2.61. The van der Waals surface area contributed by atoms with Crippen LogP contribution in [0.3, 0.4) is 0 Å². The maximum Gasteiger partial charge on any atom is 0.416 e. The lowest BCUT2D eigenvalue weighted by molar-refractivity contribution is -0.384. The van der Waals surface area contributed by atoms with Crippen LogP contribution < -0.4 is 4.90 Å². The summed E-state index contributed by atoms with van der Waals surface area (Å²) in [6, 6.07) is 2.62. The minimum atomic E-state index is -4.62. The van der Waals surface area contributed by atoms with Gasteiger partial charge in [0.05, 0.1) is 23.7 Å². The van der Waals surface area contributed by atoms with Gasteiger partial charge in [0.25, 0.3) is 5.69 Å². The molecule has 0 radical (unpaired) electrons. The zero-order chi connectivity index (χ0) is 16.7. The van der Waals surface area contributed by atoms with Crippen molar-refractivity contribution in [1.82, 2.24) is 0 Å². The van der Waals surface area contributed by atoms with Crippen LogP contribution in [0.5, 0.6) is 0 Å². The number of nitrogens with zero attached hydrogens (tertiary/aromatic N) is 2. The topological polar surface area (TPSA) is 64.8 Å². The summed E-state index contributed by atoms with van der Waals surface area (Å²) in [5.74, 6) is 0. The van der Waals surface area contributed by atoms with Gasteiger partial charge in [-0.3, -0.25) is 10.1 Å². The monoisotopic (exact) mass is 332 g/mol. The van der Waals surface area contributed by atoms with Crippen molar-refractivity contribution in [1.29, 1.82) is 0 Å². The molecular formula is C14H15F3N2O4. The fourth-order valence-electron chi connectivity index (χ4n) is 2.99. The summed E-state index contributed by atoms with van der Waals surface area (Å²) in [4.78, 5) is 12.1. The van der Waals surface area contributed by atoms with Crippen molar-refractivity contribution in [3.8, 4) is 0 Å². The van der Waals surface area contributed by atoms with E-state index in [1.165, 1.54) is 0 Å². The first-order valence-corrected chi connectivity index (χ1v) is 7.13. The molecule has 1 spiro atoms. The van der Waals surface area contributed by atoms with Crippen LogP contribution in [0, 0.1) is 10.1 Å². The van der Waals surface area contributed by atoms with Crippen LogP contribution in [0.4, 0.5) is 24.5 Å². The van der Waals surface area contributed by atoms with Gasteiger partial charge in [-0.2, -0.15) is 13.2 Å². The average molecular weight is 332 g/mol. The first-order valence-electron chi connectivity index (χ1n) is 7.13. The number of ether oxygens (including phenoxy) is 2. The second-order valence-electron chi connectivity index (χ2n) is 5.71. The number of nitro benzene ring substituents is 1. The van der Waals surface area contributed by atoms with Crippen molar-refractivity contribution in [2.45, 2.75) is 18.2 Å². The molecule has 0 aliphatic carbocycles. The number of halogens is 3. The number of morpholine rings is 1. The van der Waals surface area contributed by atoms with Gasteiger partial charge in [-0.05, 0) is 12.1 Å². The molecule has 1 unspecified atom stereocenters. The van der Waals surface area contributed by atoms with Crippen molar-refractivity contribution < 1.29 is 27.6 Å². The Morgan fingerprint density at radius 3 is 2.70 bits per heavy atom. The molecule has 1 aromatic rings. The molecule has 6 nitrogen and oxygen atoms in total. The number of nitro groups is 1. The average Bonchev–Trinajstić information content (AvgIpc) is 2.93. The van der Waals surface area contributed by atoms with E-state index in [9.17, 15) is 23.3 Å². The van der Waals surface area contributed by atoms with Gasteiger partial charge in [0.2, 0.25) is 0 Å². The lowest BCUT2D eigenvalue weighted by atomic mass is 10.00. The van der Waals surface area contributed by atoms with Gasteiger partial charge < -0.3 is 14.4 Å². The van der Waals surface area contributed by atoms with E-state index in [2.05, 4.69) is 0 Å². The summed E-state index contributed by atoms with van der Waals surface area (Å²) in [5.41, 5.74) is -1.93. The molecule has 1 aromatic carbocycles. The molecule has 2 fully saturated rings. The van der Waals surface area contributed by atoms with Gasteiger partial charge in [-0.25, -0.2) is 0 Å². The maximum absolute atomic E-state index is 12.8. The van der Waals surface area contributed by atoms with Gasteiger partial charge in [-0.1, -0.05) is 0 Å². The third kappa shape index (κ3) is 3.11. The molecule has 0 saturated carbocycles. The lowest BCUT2D eigenvalue weighted by Gasteiger charge is -2.40. The molecule has 2 saturated heterocycles. The van der Waals surface area contributed by atoms with E-state index < -0.39 is 28.0 Å². The van der Waals surface area contributed by atoms with Crippen LogP contribution in [0.1, 0.15) is 12.0 Å². The Kier molecular flexibility index (Phi) is 3.93. The summed E-state index contributed by atoms with van der Waals surface area (Å²) in [6.45, 7) is 2.02. The van der Waals surface area contributed by atoms with Crippen LogP contribution >= 0.6 is 0 Å². The van der Waals surface area contributed by atoms with Crippen molar-refractivity contribution in [2.75, 3.05) is 37.8 Å². The van der Waals surface area contributed by atoms with E-state index in [0.29, 0.717) is 45.4 Å². The Balaban J connectivity index is 1.94. The van der Waals surface area contributed by atoms with Gasteiger partial charge in [-0.15, -0.1) is 0 Å². The zero-order valence-electron chi connectivity index (χ0n) is 12.1. The number of anilines is 1. The molecule has 0 N–H and O–H groups in total. The van der Waals surface area contributed by atoms with E-state index in [-0.39, 0.29) is 5.69 Å². The lowest BCUT2D eigenvalue weighted by Crippen LogP contribution is -2.52. The highest BCUT2D eigenvalue weighted by Crippen LogP contribution is 2.38. The van der Waals surface area contributed by atoms with Crippen molar-refractivity contribution >= 4 is 11.4 Å². The molecule has 3 rings (SSSR count). The highest BCUT2D eigenvalue weighted by molar-refractivity contribution is 5.65. The van der Waals surface area contributed by atoms with E-state index in [1.54, 1.807) is 4.90 Å². The Labute approximate surface area is 129 Å². The summed E-state index contributed by atoms with van der Waals surface area (Å²) in [6.07, 6.45) is -3.95. The smallest absolute Gasteiger partial charge is 0.378 e. The fourth-order valence-corrected chi connectivity index (χ4v) is 2.99. The van der Waals surface area contributed by atoms with E-state index >= 15 is 0 Å². The second kappa shape index (κ2) is 5.64. The number of hydrogen-bond acceptors (Lipinski definition) is 5. The number of alkyl halides is 3. The standard InChI is InChI=1S/C14H15F3N2O4/c15-14(16,17)10-1-2-11(12(7-10)19(20)21)18-4-6-23-13(8-18)3-5-22-9-13/h1-2,7H,3-6,8-9H2. The van der Waals surface area contributed by atoms with Crippen LogP contribution in [-0.4, -0.2) is 43.4 Å². The first-order chi connectivity index (χ1) is 10.8. The number of rotatable bonds is 2. The second-order valence-corrected chi connectivity index (χ2v) is 5.71. The van der Waals surface area contributed by atoms with Crippen LogP contribution in [-0.2, 0) is 15.7 Å². The maximum atomic E-state index is 12.8. The van der Waals surface area contributed by atoms with Gasteiger partial charge in [0.15, 0.2) is 0 Å². The Hall–Kier alpha value is -1.87. The number of hydrogen-bond donors (Lipinski definition) is 0. The Morgan fingerprint density at radius 1 is 1.30 bits per heavy atom. The highest BCUT2D eigenvalue weighted by atomic mass is 19.4. The highest BCUT2D eigenvalue weighted by Gasteiger charge is 2.42. The minimum absolute atomic E-state index is 0.178. The molecule has 2 aliphatic heterocycles. The molecule has 9 heteroatoms. The molecule has 0 amide bonds. The molecule has 126 valence electrons. The minimum Gasteiger partial charge on any atom is -0.378 e. The zero-order valence-corrected chi connectivity index (χ0v) is 12.1.